The van der Waals surface area contributed by atoms with Crippen LogP contribution < -0.4 is 0 Å². The van der Waals surface area contributed by atoms with Crippen molar-refractivity contribution in [1.29, 1.82) is 0 Å². The summed E-state index contributed by atoms with van der Waals surface area (Å²) in [7, 11) is 0. The molecule has 0 radical (unpaired) electrons. The fourth-order valence-corrected chi connectivity index (χ4v) is 7.38. The van der Waals surface area contributed by atoms with E-state index in [9.17, 15) is 0 Å². The molecule has 0 saturated carbocycles. The van der Waals surface area contributed by atoms with Crippen LogP contribution in [0.4, 0.5) is 0 Å². The van der Waals surface area contributed by atoms with E-state index in [4.69, 9.17) is 0 Å². The Bertz CT molecular complexity index is 1650. The number of rotatable bonds is 8. The molecule has 0 amide bonds. The second kappa shape index (κ2) is 11.6. The van der Waals surface area contributed by atoms with Gasteiger partial charge in [0.2, 0.25) is 0 Å². The summed E-state index contributed by atoms with van der Waals surface area (Å²) in [6, 6.07) is 27.3. The molecule has 4 nitrogen and oxygen atoms in total. The number of nitrogens with zero attached hydrogens (tertiary/aromatic N) is 4. The Balaban J connectivity index is 1.04. The molecule has 4 aromatic carbocycles. The Labute approximate surface area is 243 Å². The van der Waals surface area contributed by atoms with Gasteiger partial charge >= 0.3 is 0 Å². The molecule has 2 heterocycles. The van der Waals surface area contributed by atoms with E-state index in [1.165, 1.54) is 68.0 Å². The molecular formula is C34H32N4S2. The Morgan fingerprint density at radius 3 is 1.45 bits per heavy atom. The molecule has 2 aromatic heterocycles. The highest BCUT2D eigenvalue weighted by atomic mass is 32.1. The number of aromatic nitrogens is 4. The van der Waals surface area contributed by atoms with Gasteiger partial charge in [-0.3, -0.25) is 0 Å². The monoisotopic (exact) mass is 560 g/mol. The standard InChI is InChI=1S/C34H32N4S2/c1(5-27-7-3-11-31-33(27)37-39-35-31)9-29-21-23-13-17-25(29)19-15-24-14-18-26(20-16-23)30(22-24)10-2-6-28-8-4-12-32-34(28)38-40-36-32/h3-4,7-8,11-14,17-18,21-22H,1-2,5-6,9-10,15-16,19-20H2. The van der Waals surface area contributed by atoms with Crippen molar-refractivity contribution < 1.29 is 0 Å². The SMILES string of the molecule is c1cc(CCCc2cc3ccc2CCc2ccc(c(CCCc4cccc5nsnc45)c2)CC3)c2nsnc2c1. The molecule has 40 heavy (non-hydrogen) atoms. The molecule has 0 N–H and O–H groups in total. The van der Waals surface area contributed by atoms with Crippen molar-refractivity contribution in [3.8, 4) is 0 Å². The molecule has 0 saturated heterocycles. The highest BCUT2D eigenvalue weighted by Gasteiger charge is 2.13. The topological polar surface area (TPSA) is 51.6 Å². The van der Waals surface area contributed by atoms with Crippen molar-refractivity contribution in [1.82, 2.24) is 17.5 Å². The average molecular weight is 561 g/mol. The molecule has 4 bridgehead atoms. The van der Waals surface area contributed by atoms with Gasteiger partial charge in [-0.1, -0.05) is 60.7 Å². The van der Waals surface area contributed by atoms with Crippen LogP contribution in [-0.2, 0) is 51.4 Å². The van der Waals surface area contributed by atoms with E-state index in [0.717, 1.165) is 86.3 Å². The molecule has 6 aromatic rings. The largest absolute Gasteiger partial charge is 0.173 e. The molecule has 4 aliphatic rings. The molecule has 10 rings (SSSR count). The van der Waals surface area contributed by atoms with Gasteiger partial charge in [0.1, 0.15) is 22.1 Å². The summed E-state index contributed by atoms with van der Waals surface area (Å²) in [5.41, 5.74) is 15.9. The van der Waals surface area contributed by atoms with Gasteiger partial charge in [0.05, 0.1) is 23.5 Å². The lowest BCUT2D eigenvalue weighted by Gasteiger charge is -2.17. The Kier molecular flexibility index (Phi) is 7.36. The van der Waals surface area contributed by atoms with Crippen molar-refractivity contribution >= 4 is 45.5 Å². The Morgan fingerprint density at radius 1 is 0.475 bits per heavy atom. The first kappa shape index (κ1) is 25.5. The maximum Gasteiger partial charge on any atom is 0.107 e. The first-order valence-electron chi connectivity index (χ1n) is 14.4. The minimum absolute atomic E-state index is 1.03. The third-order valence-electron chi connectivity index (χ3n) is 8.43. The van der Waals surface area contributed by atoms with E-state index in [2.05, 4.69) is 90.3 Å². The van der Waals surface area contributed by atoms with Gasteiger partial charge in [0.25, 0.3) is 0 Å². The smallest absolute Gasteiger partial charge is 0.107 e. The number of fused-ring (bicyclic) bond motifs is 2. The van der Waals surface area contributed by atoms with Gasteiger partial charge in [0, 0.05) is 0 Å². The summed E-state index contributed by atoms with van der Waals surface area (Å²) < 4.78 is 17.9. The second-order valence-electron chi connectivity index (χ2n) is 11.0. The van der Waals surface area contributed by atoms with Crippen molar-refractivity contribution in [2.45, 2.75) is 64.2 Å². The van der Waals surface area contributed by atoms with Crippen LogP contribution in [-0.4, -0.2) is 17.5 Å². The molecule has 0 unspecified atom stereocenters. The van der Waals surface area contributed by atoms with Crippen molar-refractivity contribution in [2.24, 2.45) is 0 Å². The van der Waals surface area contributed by atoms with E-state index in [1.807, 2.05) is 0 Å². The maximum absolute atomic E-state index is 4.54. The molecule has 0 aliphatic heterocycles. The fourth-order valence-electron chi connectivity index (χ4n) is 6.25. The second-order valence-corrected chi connectivity index (χ2v) is 12.1. The van der Waals surface area contributed by atoms with Gasteiger partial charge in [-0.15, -0.1) is 0 Å². The number of benzene rings is 4. The summed E-state index contributed by atoms with van der Waals surface area (Å²) in [6.07, 6.45) is 11.0. The van der Waals surface area contributed by atoms with Gasteiger partial charge in [-0.25, -0.2) is 0 Å². The quantitative estimate of drug-likeness (QED) is 0.190. The number of hydrogen-bond donors (Lipinski definition) is 0. The first-order valence-corrected chi connectivity index (χ1v) is 15.9. The normalized spacial score (nSPS) is 13.2. The minimum Gasteiger partial charge on any atom is -0.173 e. The van der Waals surface area contributed by atoms with Crippen LogP contribution in [0.25, 0.3) is 22.1 Å². The highest BCUT2D eigenvalue weighted by Crippen LogP contribution is 2.25. The van der Waals surface area contributed by atoms with Gasteiger partial charge in [-0.2, -0.15) is 17.5 Å². The van der Waals surface area contributed by atoms with Crippen LogP contribution >= 0.6 is 23.5 Å². The maximum atomic E-state index is 4.54. The van der Waals surface area contributed by atoms with Crippen LogP contribution in [0.1, 0.15) is 57.3 Å². The van der Waals surface area contributed by atoms with Gasteiger partial charge in [-0.05, 0) is 121 Å². The predicted molar refractivity (Wildman–Crippen MR) is 167 cm³/mol. The van der Waals surface area contributed by atoms with Crippen LogP contribution in [0.2, 0.25) is 0 Å². The van der Waals surface area contributed by atoms with Gasteiger partial charge in [0.15, 0.2) is 0 Å². The first-order chi connectivity index (χ1) is 19.8. The molecule has 200 valence electrons. The van der Waals surface area contributed by atoms with Crippen molar-refractivity contribution in [2.75, 3.05) is 0 Å². The van der Waals surface area contributed by atoms with E-state index in [0.29, 0.717) is 0 Å². The predicted octanol–water partition coefficient (Wildman–Crippen LogP) is 7.93. The Morgan fingerprint density at radius 2 is 0.950 bits per heavy atom. The molecule has 4 aliphatic carbocycles. The fraction of sp³-hybridized carbons (Fsp3) is 0.294. The summed E-state index contributed by atoms with van der Waals surface area (Å²) in [4.78, 5) is 0. The zero-order valence-corrected chi connectivity index (χ0v) is 24.2. The lowest BCUT2D eigenvalue weighted by atomic mass is 9.88. The summed E-state index contributed by atoms with van der Waals surface area (Å²) in [5, 5.41) is 0. The van der Waals surface area contributed by atoms with E-state index in [-0.39, 0.29) is 0 Å². The average Bonchev–Trinajstić information content (AvgIpc) is 3.66. The summed E-state index contributed by atoms with van der Waals surface area (Å²) in [6.45, 7) is 0. The summed E-state index contributed by atoms with van der Waals surface area (Å²) >= 11 is 2.63. The van der Waals surface area contributed by atoms with Crippen LogP contribution in [0, 0.1) is 0 Å². The van der Waals surface area contributed by atoms with Gasteiger partial charge < -0.3 is 0 Å². The number of aryl methyl sites for hydroxylation is 8. The van der Waals surface area contributed by atoms with Crippen LogP contribution in [0.15, 0.2) is 72.8 Å². The van der Waals surface area contributed by atoms with E-state index in [1.54, 1.807) is 0 Å². The summed E-state index contributed by atoms with van der Waals surface area (Å²) in [5.74, 6) is 0. The van der Waals surface area contributed by atoms with Crippen LogP contribution in [0.5, 0.6) is 0 Å². The molecule has 6 heteroatoms. The minimum atomic E-state index is 1.03. The third kappa shape index (κ3) is 5.43. The van der Waals surface area contributed by atoms with Crippen LogP contribution in [0.3, 0.4) is 0 Å². The zero-order valence-electron chi connectivity index (χ0n) is 22.6. The van der Waals surface area contributed by atoms with E-state index >= 15 is 0 Å². The molecule has 0 atom stereocenters. The van der Waals surface area contributed by atoms with Crippen molar-refractivity contribution in [3.05, 3.63) is 117 Å². The lowest BCUT2D eigenvalue weighted by molar-refractivity contribution is 0.791. The highest BCUT2D eigenvalue weighted by molar-refractivity contribution is 7.00. The van der Waals surface area contributed by atoms with Crippen molar-refractivity contribution in [3.63, 3.8) is 0 Å². The van der Waals surface area contributed by atoms with E-state index < -0.39 is 0 Å². The molecular weight excluding hydrogens is 529 g/mol. The lowest BCUT2D eigenvalue weighted by Crippen LogP contribution is -2.05. The molecule has 0 fully saturated rings. The third-order valence-corrected chi connectivity index (χ3v) is 9.52. The Hall–Kier alpha value is -3.48. The number of hydrogen-bond acceptors (Lipinski definition) is 6. The molecule has 0 spiro atoms. The zero-order chi connectivity index (χ0) is 26.7.